The normalized spacial score (nSPS) is 11.5. The van der Waals surface area contributed by atoms with Crippen LogP contribution in [0.5, 0.6) is 5.75 Å². The number of nitrogens with zero attached hydrogens (tertiary/aromatic N) is 1. The number of amides is 2. The fraction of sp³-hybridized carbons (Fsp3) is 0.391. The molecule has 0 radical (unpaired) electrons. The molecule has 1 unspecified atom stereocenters. The molecule has 0 heterocycles. The molecule has 0 fully saturated rings. The smallest absolute Gasteiger partial charge is 0.261 e. The highest BCUT2D eigenvalue weighted by molar-refractivity contribution is 5.88. The van der Waals surface area contributed by atoms with E-state index in [9.17, 15) is 9.59 Å². The third kappa shape index (κ3) is 6.12. The molecule has 0 aliphatic rings. The Morgan fingerprint density at radius 3 is 2.21 bits per heavy atom. The van der Waals surface area contributed by atoms with E-state index in [1.165, 1.54) is 5.56 Å². The minimum atomic E-state index is -0.529. The molecule has 5 heteroatoms. The van der Waals surface area contributed by atoms with Crippen molar-refractivity contribution in [1.82, 2.24) is 10.2 Å². The fourth-order valence-electron chi connectivity index (χ4n) is 3.04. The Morgan fingerprint density at radius 2 is 1.64 bits per heavy atom. The molecule has 2 aromatic rings. The monoisotopic (exact) mass is 382 g/mol. The summed E-state index contributed by atoms with van der Waals surface area (Å²) in [7, 11) is 0. The van der Waals surface area contributed by atoms with Crippen LogP contribution in [0.25, 0.3) is 0 Å². The molecule has 1 N–H and O–H groups in total. The summed E-state index contributed by atoms with van der Waals surface area (Å²) >= 11 is 0. The number of carbonyl (C=O) groups excluding carboxylic acids is 2. The van der Waals surface area contributed by atoms with Crippen LogP contribution in [-0.2, 0) is 22.6 Å². The second-order valence-electron chi connectivity index (χ2n) is 6.61. The van der Waals surface area contributed by atoms with Crippen molar-refractivity contribution >= 4 is 11.8 Å². The minimum absolute atomic E-state index is 0.103. The molecule has 28 heavy (non-hydrogen) atoms. The SMILES string of the molecule is CCNC(=O)C(CC)N(Cc1ccccc1)C(=O)COc1ccc(CC)cc1. The van der Waals surface area contributed by atoms with Crippen LogP contribution in [0.3, 0.4) is 0 Å². The lowest BCUT2D eigenvalue weighted by Gasteiger charge is -2.30. The zero-order valence-electron chi connectivity index (χ0n) is 17.0. The van der Waals surface area contributed by atoms with Gasteiger partial charge in [-0.05, 0) is 43.0 Å². The van der Waals surface area contributed by atoms with Crippen molar-refractivity contribution in [3.8, 4) is 5.75 Å². The molecule has 0 bridgehead atoms. The van der Waals surface area contributed by atoms with E-state index in [2.05, 4.69) is 12.2 Å². The molecule has 2 rings (SSSR count). The Bertz CT molecular complexity index is 744. The van der Waals surface area contributed by atoms with E-state index in [1.54, 1.807) is 4.90 Å². The molecule has 0 aliphatic carbocycles. The van der Waals surface area contributed by atoms with Crippen molar-refractivity contribution in [3.05, 3.63) is 65.7 Å². The number of benzene rings is 2. The maximum atomic E-state index is 13.0. The van der Waals surface area contributed by atoms with Gasteiger partial charge in [0.25, 0.3) is 5.91 Å². The van der Waals surface area contributed by atoms with Gasteiger partial charge in [-0.15, -0.1) is 0 Å². The van der Waals surface area contributed by atoms with Crippen LogP contribution in [-0.4, -0.2) is 35.9 Å². The van der Waals surface area contributed by atoms with Crippen LogP contribution in [0.4, 0.5) is 0 Å². The Hall–Kier alpha value is -2.82. The number of likely N-dealkylation sites (N-methyl/N-ethyl adjacent to an activating group) is 1. The summed E-state index contributed by atoms with van der Waals surface area (Å²) in [6.45, 7) is 6.67. The summed E-state index contributed by atoms with van der Waals surface area (Å²) in [4.78, 5) is 27.1. The van der Waals surface area contributed by atoms with E-state index in [0.29, 0.717) is 25.3 Å². The molecule has 0 spiro atoms. The quantitative estimate of drug-likeness (QED) is 0.683. The first-order valence-corrected chi connectivity index (χ1v) is 9.91. The third-order valence-electron chi connectivity index (χ3n) is 4.63. The van der Waals surface area contributed by atoms with E-state index in [0.717, 1.165) is 12.0 Å². The highest BCUT2D eigenvalue weighted by atomic mass is 16.5. The molecule has 0 aromatic heterocycles. The van der Waals surface area contributed by atoms with Crippen LogP contribution < -0.4 is 10.1 Å². The second-order valence-corrected chi connectivity index (χ2v) is 6.61. The van der Waals surface area contributed by atoms with Gasteiger partial charge in [0.15, 0.2) is 6.61 Å². The lowest BCUT2D eigenvalue weighted by molar-refractivity contribution is -0.142. The Morgan fingerprint density at radius 1 is 0.964 bits per heavy atom. The van der Waals surface area contributed by atoms with E-state index in [4.69, 9.17) is 4.74 Å². The maximum Gasteiger partial charge on any atom is 0.261 e. The summed E-state index contributed by atoms with van der Waals surface area (Å²) < 4.78 is 5.70. The van der Waals surface area contributed by atoms with Gasteiger partial charge in [-0.3, -0.25) is 9.59 Å². The topological polar surface area (TPSA) is 58.6 Å². The van der Waals surface area contributed by atoms with Crippen molar-refractivity contribution in [3.63, 3.8) is 0 Å². The molecule has 0 saturated heterocycles. The van der Waals surface area contributed by atoms with Gasteiger partial charge in [-0.2, -0.15) is 0 Å². The van der Waals surface area contributed by atoms with Gasteiger partial charge in [0.1, 0.15) is 11.8 Å². The first-order chi connectivity index (χ1) is 13.6. The molecule has 0 aliphatic heterocycles. The molecular formula is C23H30N2O3. The number of rotatable bonds is 10. The number of hydrogen-bond acceptors (Lipinski definition) is 3. The van der Waals surface area contributed by atoms with Gasteiger partial charge in [0.05, 0.1) is 0 Å². The zero-order chi connectivity index (χ0) is 20.4. The van der Waals surface area contributed by atoms with Gasteiger partial charge >= 0.3 is 0 Å². The number of hydrogen-bond donors (Lipinski definition) is 1. The largest absolute Gasteiger partial charge is 0.484 e. The van der Waals surface area contributed by atoms with Crippen molar-refractivity contribution < 1.29 is 14.3 Å². The first-order valence-electron chi connectivity index (χ1n) is 9.91. The van der Waals surface area contributed by atoms with Crippen LogP contribution in [0.2, 0.25) is 0 Å². The molecule has 2 amide bonds. The summed E-state index contributed by atoms with van der Waals surface area (Å²) in [6, 6.07) is 16.9. The standard InChI is InChI=1S/C23H30N2O3/c1-4-18-12-14-20(15-13-18)28-17-22(26)25(16-19-10-8-7-9-11-19)21(5-2)23(27)24-6-3/h7-15,21H,4-6,16-17H2,1-3H3,(H,24,27). The number of aryl methyl sites for hydroxylation is 1. The van der Waals surface area contributed by atoms with Gasteiger partial charge in [0.2, 0.25) is 5.91 Å². The van der Waals surface area contributed by atoms with Crippen molar-refractivity contribution in [2.75, 3.05) is 13.2 Å². The fourth-order valence-corrected chi connectivity index (χ4v) is 3.04. The average Bonchev–Trinajstić information content (AvgIpc) is 2.73. The van der Waals surface area contributed by atoms with Crippen LogP contribution >= 0.6 is 0 Å². The minimum Gasteiger partial charge on any atom is -0.484 e. The summed E-state index contributed by atoms with van der Waals surface area (Å²) in [5.41, 5.74) is 2.19. The Balaban J connectivity index is 2.13. The number of carbonyl (C=O) groups is 2. The van der Waals surface area contributed by atoms with Crippen molar-refractivity contribution in [1.29, 1.82) is 0 Å². The number of ether oxygens (including phenoxy) is 1. The molecule has 0 saturated carbocycles. The lowest BCUT2D eigenvalue weighted by atomic mass is 10.1. The summed E-state index contributed by atoms with van der Waals surface area (Å²) in [5, 5.41) is 2.83. The van der Waals surface area contributed by atoms with Crippen LogP contribution in [0, 0.1) is 0 Å². The van der Waals surface area contributed by atoms with Crippen LogP contribution in [0.1, 0.15) is 38.3 Å². The highest BCUT2D eigenvalue weighted by Crippen LogP contribution is 2.15. The average molecular weight is 383 g/mol. The number of nitrogens with one attached hydrogen (secondary N) is 1. The van der Waals surface area contributed by atoms with Gasteiger partial charge in [-0.1, -0.05) is 56.3 Å². The van der Waals surface area contributed by atoms with Gasteiger partial charge in [-0.25, -0.2) is 0 Å². The first kappa shape index (κ1) is 21.5. The van der Waals surface area contributed by atoms with E-state index >= 15 is 0 Å². The van der Waals surface area contributed by atoms with E-state index < -0.39 is 6.04 Å². The second kappa shape index (κ2) is 11.1. The molecule has 150 valence electrons. The van der Waals surface area contributed by atoms with Gasteiger partial charge < -0.3 is 15.0 Å². The molecule has 2 aromatic carbocycles. The molecule has 5 nitrogen and oxygen atoms in total. The van der Waals surface area contributed by atoms with E-state index in [-0.39, 0.29) is 18.4 Å². The van der Waals surface area contributed by atoms with Crippen molar-refractivity contribution in [2.45, 2.75) is 46.2 Å². The zero-order valence-corrected chi connectivity index (χ0v) is 17.0. The predicted molar refractivity (Wildman–Crippen MR) is 111 cm³/mol. The van der Waals surface area contributed by atoms with Gasteiger partial charge in [0, 0.05) is 13.1 Å². The van der Waals surface area contributed by atoms with Crippen molar-refractivity contribution in [2.24, 2.45) is 0 Å². The van der Waals surface area contributed by atoms with Crippen LogP contribution in [0.15, 0.2) is 54.6 Å². The Kier molecular flexibility index (Phi) is 8.53. The lowest BCUT2D eigenvalue weighted by Crippen LogP contribution is -2.50. The maximum absolute atomic E-state index is 13.0. The molecular weight excluding hydrogens is 352 g/mol. The molecule has 1 atom stereocenters. The third-order valence-corrected chi connectivity index (χ3v) is 4.63. The summed E-state index contributed by atoms with van der Waals surface area (Å²) in [6.07, 6.45) is 1.49. The predicted octanol–water partition coefficient (Wildman–Crippen LogP) is 3.57. The van der Waals surface area contributed by atoms with E-state index in [1.807, 2.05) is 68.4 Å². The Labute approximate surface area is 167 Å². The highest BCUT2D eigenvalue weighted by Gasteiger charge is 2.28. The summed E-state index contributed by atoms with van der Waals surface area (Å²) in [5.74, 6) is 0.305.